The minimum Gasteiger partial charge on any atom is -0.497 e. The molecule has 2 aromatic rings. The summed E-state index contributed by atoms with van der Waals surface area (Å²) in [6.07, 6.45) is 0. The quantitative estimate of drug-likeness (QED) is 0.783. The molecule has 146 valence electrons. The van der Waals surface area contributed by atoms with Crippen LogP contribution >= 0.6 is 0 Å². The van der Waals surface area contributed by atoms with Crippen LogP contribution in [0.1, 0.15) is 24.2 Å². The number of amides is 1. The topological polar surface area (TPSA) is 84.9 Å². The average Bonchev–Trinajstić information content (AvgIpc) is 2.67. The Balaban J connectivity index is 2.23. The summed E-state index contributed by atoms with van der Waals surface area (Å²) in [7, 11) is 0.948. The molecule has 0 unspecified atom stereocenters. The van der Waals surface area contributed by atoms with Crippen molar-refractivity contribution in [2.75, 3.05) is 26.6 Å². The molecule has 0 aliphatic rings. The summed E-state index contributed by atoms with van der Waals surface area (Å²) in [6, 6.07) is 10.8. The fourth-order valence-electron chi connectivity index (χ4n) is 2.34. The van der Waals surface area contributed by atoms with Crippen LogP contribution < -0.4 is 14.8 Å². The number of sulfonamides is 1. The van der Waals surface area contributed by atoms with E-state index in [0.717, 1.165) is 0 Å². The number of ether oxygens (including phenoxy) is 2. The zero-order valence-corrected chi connectivity index (χ0v) is 16.8. The third-order valence-electron chi connectivity index (χ3n) is 4.17. The van der Waals surface area contributed by atoms with Crippen molar-refractivity contribution in [2.45, 2.75) is 24.8 Å². The molecule has 0 radical (unpaired) electrons. The molecule has 2 rings (SSSR count). The second-order valence-electron chi connectivity index (χ2n) is 6.16. The highest BCUT2D eigenvalue weighted by Gasteiger charge is 2.23. The summed E-state index contributed by atoms with van der Waals surface area (Å²) in [5.41, 5.74) is 0.782. The van der Waals surface area contributed by atoms with Crippen LogP contribution in [-0.2, 0) is 10.0 Å². The van der Waals surface area contributed by atoms with Gasteiger partial charge in [0.1, 0.15) is 11.5 Å². The van der Waals surface area contributed by atoms with Crippen molar-refractivity contribution in [1.29, 1.82) is 0 Å². The van der Waals surface area contributed by atoms with Crippen LogP contribution in [0.4, 0.5) is 5.69 Å². The summed E-state index contributed by atoms with van der Waals surface area (Å²) >= 11 is 0. The van der Waals surface area contributed by atoms with Crippen LogP contribution in [0.5, 0.6) is 11.5 Å². The van der Waals surface area contributed by atoms with E-state index in [0.29, 0.717) is 22.7 Å². The van der Waals surface area contributed by atoms with Crippen LogP contribution in [-0.4, -0.2) is 45.9 Å². The number of rotatable bonds is 7. The van der Waals surface area contributed by atoms with Gasteiger partial charge in [-0.2, -0.15) is 4.31 Å². The molecule has 0 aliphatic carbocycles. The zero-order chi connectivity index (χ0) is 20.2. The fourth-order valence-corrected chi connectivity index (χ4v) is 3.71. The molecule has 0 aromatic heterocycles. The van der Waals surface area contributed by atoms with Crippen molar-refractivity contribution in [3.63, 3.8) is 0 Å². The molecule has 8 heteroatoms. The first-order valence-corrected chi connectivity index (χ1v) is 9.76. The van der Waals surface area contributed by atoms with E-state index in [1.165, 1.54) is 37.7 Å². The van der Waals surface area contributed by atoms with Gasteiger partial charge in [-0.1, -0.05) is 0 Å². The van der Waals surface area contributed by atoms with Gasteiger partial charge in [-0.3, -0.25) is 4.79 Å². The second kappa shape index (κ2) is 8.41. The van der Waals surface area contributed by atoms with E-state index < -0.39 is 10.0 Å². The highest BCUT2D eigenvalue weighted by molar-refractivity contribution is 7.89. The minimum absolute atomic E-state index is 0.157. The Kier molecular flexibility index (Phi) is 6.45. The second-order valence-corrected chi connectivity index (χ2v) is 8.16. The maximum absolute atomic E-state index is 12.6. The minimum atomic E-state index is -3.57. The molecule has 7 nitrogen and oxygen atoms in total. The number of methoxy groups -OCH3 is 2. The van der Waals surface area contributed by atoms with Crippen molar-refractivity contribution >= 4 is 21.6 Å². The number of nitrogens with zero attached hydrogens (tertiary/aromatic N) is 1. The third-order valence-corrected chi connectivity index (χ3v) is 6.22. The van der Waals surface area contributed by atoms with Gasteiger partial charge in [-0.05, 0) is 56.3 Å². The number of nitrogens with one attached hydrogen (secondary N) is 1. The first-order valence-electron chi connectivity index (χ1n) is 8.32. The van der Waals surface area contributed by atoms with E-state index in [1.54, 1.807) is 44.2 Å². The van der Waals surface area contributed by atoms with Gasteiger partial charge in [0.25, 0.3) is 5.91 Å². The molecule has 27 heavy (non-hydrogen) atoms. The van der Waals surface area contributed by atoms with Crippen LogP contribution in [0.2, 0.25) is 0 Å². The maximum Gasteiger partial charge on any atom is 0.259 e. The van der Waals surface area contributed by atoms with E-state index in [2.05, 4.69) is 5.32 Å². The van der Waals surface area contributed by atoms with Gasteiger partial charge < -0.3 is 14.8 Å². The Bertz CT molecular complexity index is 908. The number of hydrogen-bond acceptors (Lipinski definition) is 5. The average molecular weight is 392 g/mol. The van der Waals surface area contributed by atoms with E-state index in [-0.39, 0.29) is 16.8 Å². The van der Waals surface area contributed by atoms with Crippen LogP contribution in [0, 0.1) is 0 Å². The molecular weight excluding hydrogens is 368 g/mol. The number of benzene rings is 2. The van der Waals surface area contributed by atoms with Crippen molar-refractivity contribution < 1.29 is 22.7 Å². The Labute approximate surface area is 160 Å². The molecule has 0 fully saturated rings. The molecule has 1 N–H and O–H groups in total. The van der Waals surface area contributed by atoms with E-state index in [1.807, 2.05) is 0 Å². The van der Waals surface area contributed by atoms with Crippen molar-refractivity contribution in [3.8, 4) is 11.5 Å². The predicted molar refractivity (Wildman–Crippen MR) is 104 cm³/mol. The number of anilines is 1. The van der Waals surface area contributed by atoms with Crippen LogP contribution in [0.15, 0.2) is 47.4 Å². The Hall–Kier alpha value is -2.58. The third kappa shape index (κ3) is 4.58. The molecule has 0 spiro atoms. The van der Waals surface area contributed by atoms with Gasteiger partial charge >= 0.3 is 0 Å². The summed E-state index contributed by atoms with van der Waals surface area (Å²) in [6.45, 7) is 3.60. The molecule has 0 saturated carbocycles. The normalized spacial score (nSPS) is 11.5. The van der Waals surface area contributed by atoms with E-state index in [4.69, 9.17) is 9.47 Å². The largest absolute Gasteiger partial charge is 0.497 e. The standard InChI is InChI=1S/C19H24N2O5S/c1-13(2)21(3)27(23,24)16-9-6-14(7-10-16)20-19(22)17-12-15(25-4)8-11-18(17)26-5/h6-13H,1-5H3,(H,20,22). The van der Waals surface area contributed by atoms with Gasteiger partial charge in [-0.15, -0.1) is 0 Å². The van der Waals surface area contributed by atoms with E-state index in [9.17, 15) is 13.2 Å². The highest BCUT2D eigenvalue weighted by atomic mass is 32.2. The number of carbonyl (C=O) groups excluding carboxylic acids is 1. The molecule has 0 atom stereocenters. The Morgan fingerprint density at radius 3 is 2.19 bits per heavy atom. The first-order chi connectivity index (χ1) is 12.7. The smallest absolute Gasteiger partial charge is 0.259 e. The molecule has 0 heterocycles. The first kappa shape index (κ1) is 20.7. The zero-order valence-electron chi connectivity index (χ0n) is 16.0. The van der Waals surface area contributed by atoms with Gasteiger partial charge in [0.15, 0.2) is 0 Å². The van der Waals surface area contributed by atoms with Crippen molar-refractivity contribution in [2.24, 2.45) is 0 Å². The lowest BCUT2D eigenvalue weighted by atomic mass is 10.1. The maximum atomic E-state index is 12.6. The molecule has 2 aromatic carbocycles. The van der Waals surface area contributed by atoms with E-state index >= 15 is 0 Å². The van der Waals surface area contributed by atoms with Gasteiger partial charge in [0.2, 0.25) is 10.0 Å². The molecule has 0 aliphatic heterocycles. The van der Waals surface area contributed by atoms with Crippen LogP contribution in [0.3, 0.4) is 0 Å². The fraction of sp³-hybridized carbons (Fsp3) is 0.316. The SMILES string of the molecule is COc1ccc(OC)c(C(=O)Nc2ccc(S(=O)(=O)N(C)C(C)C)cc2)c1. The number of hydrogen-bond donors (Lipinski definition) is 1. The monoisotopic (exact) mass is 392 g/mol. The predicted octanol–water partition coefficient (Wildman–Crippen LogP) is 2.99. The molecular formula is C19H24N2O5S. The Morgan fingerprint density at radius 1 is 1.04 bits per heavy atom. The lowest BCUT2D eigenvalue weighted by Gasteiger charge is -2.21. The molecule has 0 saturated heterocycles. The highest BCUT2D eigenvalue weighted by Crippen LogP contribution is 2.25. The van der Waals surface area contributed by atoms with Crippen molar-refractivity contribution in [1.82, 2.24) is 4.31 Å². The van der Waals surface area contributed by atoms with Gasteiger partial charge in [0.05, 0.1) is 24.7 Å². The van der Waals surface area contributed by atoms with Crippen molar-refractivity contribution in [3.05, 3.63) is 48.0 Å². The summed E-state index contributed by atoms with van der Waals surface area (Å²) in [5.74, 6) is 0.547. The lowest BCUT2D eigenvalue weighted by Crippen LogP contribution is -2.33. The Morgan fingerprint density at radius 2 is 1.67 bits per heavy atom. The molecule has 1 amide bonds. The van der Waals surface area contributed by atoms with Gasteiger partial charge in [-0.25, -0.2) is 8.42 Å². The lowest BCUT2D eigenvalue weighted by molar-refractivity contribution is 0.102. The van der Waals surface area contributed by atoms with Crippen LogP contribution in [0.25, 0.3) is 0 Å². The summed E-state index contributed by atoms with van der Waals surface area (Å²) in [5, 5.41) is 2.73. The summed E-state index contributed by atoms with van der Waals surface area (Å²) in [4.78, 5) is 12.7. The summed E-state index contributed by atoms with van der Waals surface area (Å²) < 4.78 is 36.6. The number of carbonyl (C=O) groups is 1. The van der Waals surface area contributed by atoms with Gasteiger partial charge in [0, 0.05) is 18.8 Å². The molecule has 0 bridgehead atoms.